The SMILES string of the molecule is Cl.O=C(O)c1cc2ccccc2sc(=O)c1=O. The predicted molar refractivity (Wildman–Crippen MR) is 68.6 cm³/mol. The Morgan fingerprint density at radius 2 is 1.82 bits per heavy atom. The zero-order valence-corrected chi connectivity index (χ0v) is 10.0. The number of hydrogen-bond donors (Lipinski definition) is 1. The van der Waals surface area contributed by atoms with Crippen molar-refractivity contribution in [1.82, 2.24) is 0 Å². The van der Waals surface area contributed by atoms with Crippen molar-refractivity contribution < 1.29 is 9.90 Å². The summed E-state index contributed by atoms with van der Waals surface area (Å²) in [5.74, 6) is -1.38. The third-order valence-electron chi connectivity index (χ3n) is 2.08. The van der Waals surface area contributed by atoms with Crippen LogP contribution in [0, 0.1) is 0 Å². The third-order valence-corrected chi connectivity index (χ3v) is 3.04. The van der Waals surface area contributed by atoms with Gasteiger partial charge in [-0.1, -0.05) is 29.5 Å². The van der Waals surface area contributed by atoms with E-state index in [2.05, 4.69) is 0 Å². The summed E-state index contributed by atoms with van der Waals surface area (Å²) in [5.41, 5.74) is -1.45. The van der Waals surface area contributed by atoms with Gasteiger partial charge in [-0.25, -0.2) is 4.79 Å². The molecule has 0 atom stereocenters. The smallest absolute Gasteiger partial charge is 0.339 e. The number of carboxylic acid groups (broad SMARTS) is 1. The minimum Gasteiger partial charge on any atom is -0.478 e. The molecule has 6 heteroatoms. The summed E-state index contributed by atoms with van der Waals surface area (Å²) in [5, 5.41) is 9.40. The second kappa shape index (κ2) is 5.07. The first kappa shape index (κ1) is 13.3. The average Bonchev–Trinajstić information content (AvgIpc) is 2.37. The van der Waals surface area contributed by atoms with Gasteiger partial charge in [0.2, 0.25) is 0 Å². The molecule has 2 aromatic rings. The Morgan fingerprint density at radius 3 is 2.47 bits per heavy atom. The zero-order valence-electron chi connectivity index (χ0n) is 8.38. The molecule has 0 saturated heterocycles. The number of aromatic carboxylic acids is 1. The van der Waals surface area contributed by atoms with Gasteiger partial charge in [-0.15, -0.1) is 12.4 Å². The summed E-state index contributed by atoms with van der Waals surface area (Å²) in [6.45, 7) is 0. The molecule has 4 nitrogen and oxygen atoms in total. The molecule has 0 spiro atoms. The van der Waals surface area contributed by atoms with Crippen LogP contribution in [0.15, 0.2) is 39.9 Å². The highest BCUT2D eigenvalue weighted by Gasteiger charge is 2.10. The van der Waals surface area contributed by atoms with Crippen molar-refractivity contribution in [2.24, 2.45) is 0 Å². The van der Waals surface area contributed by atoms with Crippen LogP contribution in [0.1, 0.15) is 10.4 Å². The lowest BCUT2D eigenvalue weighted by atomic mass is 10.2. The second-order valence-corrected chi connectivity index (χ2v) is 4.13. The third kappa shape index (κ3) is 2.51. The number of benzene rings is 1. The van der Waals surface area contributed by atoms with E-state index < -0.39 is 21.7 Å². The Morgan fingerprint density at radius 1 is 1.18 bits per heavy atom. The van der Waals surface area contributed by atoms with Crippen LogP contribution < -0.4 is 10.2 Å². The Bertz CT molecular complexity index is 693. The lowest BCUT2D eigenvalue weighted by Crippen LogP contribution is -2.24. The van der Waals surface area contributed by atoms with Gasteiger partial charge in [0.05, 0.1) is 0 Å². The van der Waals surface area contributed by atoms with Crippen molar-refractivity contribution in [1.29, 1.82) is 0 Å². The molecule has 2 rings (SSSR count). The molecular formula is C11H7ClO4S. The molecule has 0 bridgehead atoms. The van der Waals surface area contributed by atoms with E-state index in [-0.39, 0.29) is 12.4 Å². The molecule has 88 valence electrons. The number of carbonyl (C=O) groups is 1. The molecule has 1 aromatic heterocycles. The van der Waals surface area contributed by atoms with Crippen molar-refractivity contribution in [3.05, 3.63) is 55.7 Å². The van der Waals surface area contributed by atoms with E-state index in [9.17, 15) is 14.4 Å². The lowest BCUT2D eigenvalue weighted by Gasteiger charge is -1.89. The fraction of sp³-hybridized carbons (Fsp3) is 0. The fourth-order valence-electron chi connectivity index (χ4n) is 1.33. The van der Waals surface area contributed by atoms with Gasteiger partial charge in [0, 0.05) is 4.70 Å². The van der Waals surface area contributed by atoms with E-state index in [1.54, 1.807) is 24.3 Å². The molecule has 0 aliphatic heterocycles. The number of fused-ring (bicyclic) bond motifs is 1. The van der Waals surface area contributed by atoms with Crippen LogP contribution in [0.5, 0.6) is 0 Å². The van der Waals surface area contributed by atoms with Crippen LogP contribution in [0.4, 0.5) is 0 Å². The van der Waals surface area contributed by atoms with Crippen LogP contribution >= 0.6 is 23.7 Å². The van der Waals surface area contributed by atoms with E-state index in [0.717, 1.165) is 11.3 Å². The first-order valence-electron chi connectivity index (χ1n) is 4.40. The molecule has 1 heterocycles. The van der Waals surface area contributed by atoms with E-state index >= 15 is 0 Å². The fourth-order valence-corrected chi connectivity index (χ4v) is 2.12. The van der Waals surface area contributed by atoms with Gasteiger partial charge >= 0.3 is 5.97 Å². The van der Waals surface area contributed by atoms with E-state index in [1.807, 2.05) is 0 Å². The summed E-state index contributed by atoms with van der Waals surface area (Å²) in [7, 11) is 0. The normalized spacial score (nSPS) is 9.65. The van der Waals surface area contributed by atoms with Gasteiger partial charge in [-0.05, 0) is 17.5 Å². The highest BCUT2D eigenvalue weighted by atomic mass is 35.5. The Hall–Kier alpha value is -1.72. The highest BCUT2D eigenvalue weighted by molar-refractivity contribution is 7.16. The van der Waals surface area contributed by atoms with Crippen LogP contribution in [0.25, 0.3) is 10.1 Å². The molecule has 1 N–H and O–H groups in total. The van der Waals surface area contributed by atoms with Gasteiger partial charge in [-0.2, -0.15) is 0 Å². The summed E-state index contributed by atoms with van der Waals surface area (Å²) in [4.78, 5) is 33.7. The molecule has 1 aromatic carbocycles. The number of carboxylic acids is 1. The number of halogens is 1. The maximum atomic E-state index is 11.4. The first-order chi connectivity index (χ1) is 7.59. The quantitative estimate of drug-likeness (QED) is 0.801. The summed E-state index contributed by atoms with van der Waals surface area (Å²) < 4.78 is -0.171. The van der Waals surface area contributed by atoms with Crippen LogP contribution in [-0.2, 0) is 0 Å². The minimum atomic E-state index is -1.38. The van der Waals surface area contributed by atoms with E-state index in [4.69, 9.17) is 5.11 Å². The molecule has 0 unspecified atom stereocenters. The van der Waals surface area contributed by atoms with Crippen LogP contribution in [0.2, 0.25) is 0 Å². The van der Waals surface area contributed by atoms with Gasteiger partial charge in [0.1, 0.15) is 5.56 Å². The number of hydrogen-bond acceptors (Lipinski definition) is 4. The highest BCUT2D eigenvalue weighted by Crippen LogP contribution is 2.14. The summed E-state index contributed by atoms with van der Waals surface area (Å²) >= 11 is 0.758. The second-order valence-electron chi connectivity index (χ2n) is 3.12. The van der Waals surface area contributed by atoms with Crippen molar-refractivity contribution in [2.75, 3.05) is 0 Å². The molecule has 0 aliphatic rings. The van der Waals surface area contributed by atoms with Crippen molar-refractivity contribution in [3.8, 4) is 0 Å². The molecule has 17 heavy (non-hydrogen) atoms. The standard InChI is InChI=1S/C11H6O4S.ClH/c12-9-7(10(13)14)5-6-3-1-2-4-8(6)16-11(9)15;/h1-5H,(H,13,14);1H. The lowest BCUT2D eigenvalue weighted by molar-refractivity contribution is 0.0695. The van der Waals surface area contributed by atoms with Gasteiger partial charge < -0.3 is 5.11 Å². The first-order valence-corrected chi connectivity index (χ1v) is 5.22. The molecule has 0 fully saturated rings. The van der Waals surface area contributed by atoms with E-state index in [1.165, 1.54) is 6.07 Å². The maximum Gasteiger partial charge on any atom is 0.339 e. The largest absolute Gasteiger partial charge is 0.478 e. The van der Waals surface area contributed by atoms with Gasteiger partial charge in [-0.3, -0.25) is 9.59 Å². The van der Waals surface area contributed by atoms with Crippen molar-refractivity contribution in [3.63, 3.8) is 0 Å². The topological polar surface area (TPSA) is 71.4 Å². The van der Waals surface area contributed by atoms with Crippen molar-refractivity contribution >= 4 is 39.8 Å². The molecule has 0 amide bonds. The zero-order chi connectivity index (χ0) is 11.7. The predicted octanol–water partition coefficient (Wildman–Crippen LogP) is 1.74. The summed E-state index contributed by atoms with van der Waals surface area (Å²) in [6, 6.07) is 8.01. The summed E-state index contributed by atoms with van der Waals surface area (Å²) in [6.07, 6.45) is 0. The maximum absolute atomic E-state index is 11.4. The monoisotopic (exact) mass is 270 g/mol. The average molecular weight is 271 g/mol. The number of rotatable bonds is 1. The minimum absolute atomic E-state index is 0. The van der Waals surface area contributed by atoms with Gasteiger partial charge in [0.15, 0.2) is 0 Å². The van der Waals surface area contributed by atoms with Crippen molar-refractivity contribution in [2.45, 2.75) is 0 Å². The van der Waals surface area contributed by atoms with Crippen LogP contribution in [-0.4, -0.2) is 11.1 Å². The molecule has 0 radical (unpaired) electrons. The van der Waals surface area contributed by atoms with E-state index in [0.29, 0.717) is 10.1 Å². The molecule has 0 saturated carbocycles. The van der Waals surface area contributed by atoms with Crippen LogP contribution in [0.3, 0.4) is 0 Å². The molecular weight excluding hydrogens is 264 g/mol. The van der Waals surface area contributed by atoms with Gasteiger partial charge in [0.25, 0.3) is 10.2 Å². The Labute approximate surface area is 106 Å². The Balaban J connectivity index is 0.00000144. The molecule has 0 aliphatic carbocycles. The Kier molecular flexibility index (Phi) is 3.98.